The summed E-state index contributed by atoms with van der Waals surface area (Å²) in [6.45, 7) is 9.32. The number of hydrogen-bond acceptors (Lipinski definition) is 6. The van der Waals surface area contributed by atoms with Gasteiger partial charge >= 0.3 is 6.18 Å². The van der Waals surface area contributed by atoms with Gasteiger partial charge in [0.25, 0.3) is 0 Å². The Morgan fingerprint density at radius 2 is 1.94 bits per heavy atom. The van der Waals surface area contributed by atoms with Gasteiger partial charge in [-0.3, -0.25) is 9.78 Å². The molecule has 0 aromatic carbocycles. The van der Waals surface area contributed by atoms with Crippen LogP contribution in [0.4, 0.5) is 18.9 Å². The molecule has 3 aromatic heterocycles. The summed E-state index contributed by atoms with van der Waals surface area (Å²) >= 11 is 0. The smallest absolute Gasteiger partial charge is 0.378 e. The largest absolute Gasteiger partial charge is 0.420 e. The van der Waals surface area contributed by atoms with E-state index in [1.54, 1.807) is 20.2 Å². The van der Waals surface area contributed by atoms with Gasteiger partial charge in [-0.25, -0.2) is 9.83 Å². The maximum absolute atomic E-state index is 13.6. The van der Waals surface area contributed by atoms with Crippen molar-refractivity contribution in [1.29, 1.82) is 0 Å². The topological polar surface area (TPSA) is 87.2 Å². The molecule has 0 amide bonds. The molecule has 1 saturated carbocycles. The van der Waals surface area contributed by atoms with Gasteiger partial charge in [0.1, 0.15) is 11.3 Å². The van der Waals surface area contributed by atoms with Gasteiger partial charge in [0.05, 0.1) is 25.1 Å². The monoisotopic (exact) mass is 470 g/mol. The number of carbonyl (C=O) groups is 1. The van der Waals surface area contributed by atoms with Crippen molar-refractivity contribution in [3.8, 4) is 5.82 Å². The van der Waals surface area contributed by atoms with Crippen LogP contribution in [0.5, 0.6) is 0 Å². The average molecular weight is 470 g/mol. The third-order valence-corrected chi connectivity index (χ3v) is 5.68. The highest BCUT2D eigenvalue weighted by Crippen LogP contribution is 2.47. The number of ether oxygens (including phenoxy) is 1. The number of nitrogens with zero attached hydrogens (tertiary/aromatic N) is 6. The molecule has 4 rings (SSSR count). The Labute approximate surface area is 193 Å². The average Bonchev–Trinajstić information content (AvgIpc) is 3.47. The molecule has 1 aliphatic rings. The van der Waals surface area contributed by atoms with E-state index < -0.39 is 17.6 Å². The third-order valence-electron chi connectivity index (χ3n) is 5.68. The van der Waals surface area contributed by atoms with E-state index >= 15 is 0 Å². The number of alkyl halides is 3. The summed E-state index contributed by atoms with van der Waals surface area (Å²) < 4.78 is 46.6. The number of carbonyl (C=O) groups excluding carboxylic acids is 1. The fraction of sp³-hybridized carbons (Fsp3) is 0.391. The SMILES string of the molecule is [C-]#[N+]c1c(C)ncc(CC(=O)Cc2cnc(-n3nccn3)c(C(F)(F)F)c2)c1[C@@H](OC)C1CC1. The van der Waals surface area contributed by atoms with Crippen LogP contribution < -0.4 is 0 Å². The molecule has 1 atom stereocenters. The number of halogens is 3. The maximum Gasteiger partial charge on any atom is 0.420 e. The number of pyridine rings is 2. The number of aromatic nitrogens is 5. The summed E-state index contributed by atoms with van der Waals surface area (Å²) in [5.41, 5.74) is 1.20. The van der Waals surface area contributed by atoms with Gasteiger partial charge in [0, 0.05) is 38.0 Å². The van der Waals surface area contributed by atoms with Crippen LogP contribution in [0.15, 0.2) is 30.9 Å². The van der Waals surface area contributed by atoms with Crippen LogP contribution in [0, 0.1) is 19.4 Å². The molecule has 1 aliphatic carbocycles. The second kappa shape index (κ2) is 9.30. The molecular formula is C23H21F3N6O2. The van der Waals surface area contributed by atoms with Gasteiger partial charge in [0.15, 0.2) is 5.82 Å². The summed E-state index contributed by atoms with van der Waals surface area (Å²) in [6, 6.07) is 0.893. The van der Waals surface area contributed by atoms with Gasteiger partial charge in [-0.1, -0.05) is 0 Å². The molecule has 176 valence electrons. The van der Waals surface area contributed by atoms with E-state index in [0.717, 1.165) is 23.7 Å². The first-order valence-electron chi connectivity index (χ1n) is 10.6. The summed E-state index contributed by atoms with van der Waals surface area (Å²) in [4.78, 5) is 25.4. The standard InChI is InChI=1S/C23H21F3N6O2/c1-13-20(27-2)19(21(34-3)15-4-5-15)16(12-28-13)10-17(33)8-14-9-18(23(24,25)26)22(29-11-14)32-30-6-7-31-32/h6-7,9,11-12,15,21H,4-5,8,10H2,1,3H3/t21-/m0/s1. The normalized spacial score (nSPS) is 14.6. The third kappa shape index (κ3) is 4.82. The molecule has 34 heavy (non-hydrogen) atoms. The van der Waals surface area contributed by atoms with E-state index in [1.807, 2.05) is 0 Å². The highest BCUT2D eigenvalue weighted by molar-refractivity contribution is 5.84. The van der Waals surface area contributed by atoms with Crippen molar-refractivity contribution in [2.24, 2.45) is 5.92 Å². The Kier molecular flexibility index (Phi) is 6.43. The predicted octanol–water partition coefficient (Wildman–Crippen LogP) is 4.39. The zero-order valence-corrected chi connectivity index (χ0v) is 18.5. The molecule has 3 aromatic rings. The lowest BCUT2D eigenvalue weighted by Gasteiger charge is -2.21. The van der Waals surface area contributed by atoms with E-state index in [0.29, 0.717) is 22.5 Å². The molecule has 0 unspecified atom stereocenters. The molecule has 3 heterocycles. The molecule has 0 radical (unpaired) electrons. The first-order chi connectivity index (χ1) is 16.2. The fourth-order valence-electron chi connectivity index (χ4n) is 3.99. The van der Waals surface area contributed by atoms with Crippen LogP contribution in [0.25, 0.3) is 10.7 Å². The highest BCUT2D eigenvalue weighted by Gasteiger charge is 2.37. The summed E-state index contributed by atoms with van der Waals surface area (Å²) in [6.07, 6.45) is 1.83. The minimum absolute atomic E-state index is 0.0818. The first-order valence-corrected chi connectivity index (χ1v) is 10.6. The van der Waals surface area contributed by atoms with Crippen LogP contribution in [0.2, 0.25) is 0 Å². The summed E-state index contributed by atoms with van der Waals surface area (Å²) in [7, 11) is 1.57. The van der Waals surface area contributed by atoms with Crippen molar-refractivity contribution in [2.45, 2.75) is 44.9 Å². The molecule has 1 fully saturated rings. The molecular weight excluding hydrogens is 449 g/mol. The number of Topliss-reactive ketones (excluding diaryl/α,β-unsaturated/α-hetero) is 1. The van der Waals surface area contributed by atoms with E-state index in [9.17, 15) is 18.0 Å². The minimum Gasteiger partial charge on any atom is -0.378 e. The molecule has 8 nitrogen and oxygen atoms in total. The van der Waals surface area contributed by atoms with Crippen LogP contribution in [0.1, 0.15) is 46.9 Å². The van der Waals surface area contributed by atoms with Crippen molar-refractivity contribution in [3.63, 3.8) is 0 Å². The highest BCUT2D eigenvalue weighted by atomic mass is 19.4. The molecule has 0 bridgehead atoms. The van der Waals surface area contributed by atoms with Crippen LogP contribution in [0.3, 0.4) is 0 Å². The lowest BCUT2D eigenvalue weighted by atomic mass is 9.93. The van der Waals surface area contributed by atoms with Crippen molar-refractivity contribution in [1.82, 2.24) is 25.0 Å². The molecule has 11 heteroatoms. The number of rotatable bonds is 8. The number of methoxy groups -OCH3 is 1. The van der Waals surface area contributed by atoms with Gasteiger partial charge < -0.3 is 4.74 Å². The van der Waals surface area contributed by atoms with Crippen molar-refractivity contribution < 1.29 is 22.7 Å². The zero-order valence-electron chi connectivity index (χ0n) is 18.5. The van der Waals surface area contributed by atoms with Crippen molar-refractivity contribution >= 4 is 11.5 Å². The molecule has 0 spiro atoms. The minimum atomic E-state index is -4.70. The zero-order chi connectivity index (χ0) is 24.5. The van der Waals surface area contributed by atoms with Crippen LogP contribution in [-0.2, 0) is 28.5 Å². The Morgan fingerprint density at radius 1 is 1.24 bits per heavy atom. The van der Waals surface area contributed by atoms with Crippen LogP contribution in [-0.4, -0.2) is 37.9 Å². The molecule has 0 saturated heterocycles. The Bertz CT molecular complexity index is 1250. The second-order valence-electron chi connectivity index (χ2n) is 8.16. The maximum atomic E-state index is 13.6. The Balaban J connectivity index is 1.62. The lowest BCUT2D eigenvalue weighted by molar-refractivity contribution is -0.138. The molecule has 0 N–H and O–H groups in total. The van der Waals surface area contributed by atoms with Gasteiger partial charge in [-0.15, -0.1) is 4.80 Å². The van der Waals surface area contributed by atoms with Crippen molar-refractivity contribution in [3.05, 3.63) is 70.2 Å². The number of ketones is 1. The fourth-order valence-corrected chi connectivity index (χ4v) is 3.99. The van der Waals surface area contributed by atoms with Crippen LogP contribution >= 0.6 is 0 Å². The second-order valence-corrected chi connectivity index (χ2v) is 8.16. The quantitative estimate of drug-likeness (QED) is 0.454. The summed E-state index contributed by atoms with van der Waals surface area (Å²) in [5, 5.41) is 7.43. The lowest BCUT2D eigenvalue weighted by Crippen LogP contribution is -2.17. The summed E-state index contributed by atoms with van der Waals surface area (Å²) in [5.74, 6) is -0.524. The predicted molar refractivity (Wildman–Crippen MR) is 114 cm³/mol. The van der Waals surface area contributed by atoms with Gasteiger partial charge in [0.2, 0.25) is 5.69 Å². The van der Waals surface area contributed by atoms with E-state index in [4.69, 9.17) is 11.3 Å². The first kappa shape index (κ1) is 23.5. The molecule has 0 aliphatic heterocycles. The van der Waals surface area contributed by atoms with E-state index in [1.165, 1.54) is 18.6 Å². The number of aryl methyl sites for hydroxylation is 1. The van der Waals surface area contributed by atoms with E-state index in [2.05, 4.69) is 25.0 Å². The van der Waals surface area contributed by atoms with E-state index in [-0.39, 0.29) is 36.2 Å². The van der Waals surface area contributed by atoms with Gasteiger partial charge in [-0.05, 0) is 48.4 Å². The number of hydrogen-bond donors (Lipinski definition) is 0. The Hall–Kier alpha value is -3.65. The van der Waals surface area contributed by atoms with Gasteiger partial charge in [-0.2, -0.15) is 23.4 Å². The Morgan fingerprint density at radius 3 is 2.53 bits per heavy atom. The van der Waals surface area contributed by atoms with Crippen molar-refractivity contribution in [2.75, 3.05) is 7.11 Å².